The molecule has 3 heteroatoms. The van der Waals surface area contributed by atoms with Gasteiger partial charge in [0.05, 0.1) is 11.2 Å². The lowest BCUT2D eigenvalue weighted by molar-refractivity contribution is 0.704. The molecule has 0 amide bonds. The number of nitrogen functional groups attached to an aromatic ring is 1. The van der Waals surface area contributed by atoms with Gasteiger partial charge in [0.25, 0.3) is 0 Å². The average Bonchev–Trinajstić information content (AvgIpc) is 2.80. The number of nitrogens with zero attached hydrogens (tertiary/aromatic N) is 2. The Morgan fingerprint density at radius 2 is 1.95 bits per heavy atom. The van der Waals surface area contributed by atoms with Crippen LogP contribution in [0.2, 0.25) is 0 Å². The van der Waals surface area contributed by atoms with E-state index in [0.717, 1.165) is 41.1 Å². The molecule has 0 atom stereocenters. The number of hydrogen-bond acceptors (Lipinski definition) is 2. The van der Waals surface area contributed by atoms with Crippen LogP contribution in [0.5, 0.6) is 0 Å². The second kappa shape index (κ2) is 5.00. The van der Waals surface area contributed by atoms with E-state index in [4.69, 9.17) is 10.7 Å². The summed E-state index contributed by atoms with van der Waals surface area (Å²) < 4.78 is 2.26. The first-order valence-electron chi connectivity index (χ1n) is 7.02. The summed E-state index contributed by atoms with van der Waals surface area (Å²) in [7, 11) is 0. The monoisotopic (exact) mass is 265 g/mol. The summed E-state index contributed by atoms with van der Waals surface area (Å²) in [6, 6.07) is 14.4. The number of rotatable bonds is 3. The van der Waals surface area contributed by atoms with Gasteiger partial charge in [0.2, 0.25) is 0 Å². The molecule has 102 valence electrons. The van der Waals surface area contributed by atoms with E-state index < -0.39 is 0 Å². The normalized spacial score (nSPS) is 11.1. The molecule has 0 fully saturated rings. The van der Waals surface area contributed by atoms with Crippen LogP contribution in [0, 0.1) is 6.92 Å². The maximum atomic E-state index is 6.07. The van der Waals surface area contributed by atoms with E-state index in [1.165, 1.54) is 5.56 Å². The minimum atomic E-state index is 0.742. The Balaban J connectivity index is 2.29. The van der Waals surface area contributed by atoms with Crippen molar-refractivity contribution in [2.75, 3.05) is 5.73 Å². The molecule has 0 radical (unpaired) electrons. The molecule has 1 aromatic heterocycles. The molecule has 2 aromatic carbocycles. The highest BCUT2D eigenvalue weighted by molar-refractivity contribution is 5.90. The first kappa shape index (κ1) is 12.7. The third kappa shape index (κ3) is 2.05. The highest BCUT2D eigenvalue weighted by Crippen LogP contribution is 2.28. The summed E-state index contributed by atoms with van der Waals surface area (Å²) in [5.74, 6) is 1.00. The number of benzene rings is 2. The molecule has 3 aromatic rings. The fraction of sp³-hybridized carbons (Fsp3) is 0.235. The molecule has 0 spiro atoms. The lowest BCUT2D eigenvalue weighted by atomic mass is 10.1. The number of imidazole rings is 1. The summed E-state index contributed by atoms with van der Waals surface area (Å²) in [4.78, 5) is 4.78. The highest BCUT2D eigenvalue weighted by Gasteiger charge is 2.13. The maximum Gasteiger partial charge on any atom is 0.141 e. The topological polar surface area (TPSA) is 43.8 Å². The molecule has 1 heterocycles. The first-order chi connectivity index (χ1) is 9.70. The van der Waals surface area contributed by atoms with Gasteiger partial charge in [-0.2, -0.15) is 0 Å². The predicted octanol–water partition coefficient (Wildman–Crippen LogP) is 4.00. The zero-order chi connectivity index (χ0) is 14.1. The van der Waals surface area contributed by atoms with E-state index in [1.807, 2.05) is 12.1 Å². The zero-order valence-electron chi connectivity index (χ0n) is 11.9. The van der Waals surface area contributed by atoms with Gasteiger partial charge < -0.3 is 10.3 Å². The van der Waals surface area contributed by atoms with Crippen molar-refractivity contribution >= 4 is 16.7 Å². The number of aryl methyl sites for hydroxylation is 2. The van der Waals surface area contributed by atoms with E-state index >= 15 is 0 Å². The summed E-state index contributed by atoms with van der Waals surface area (Å²) in [5.41, 5.74) is 11.2. The molecule has 0 saturated carbocycles. The van der Waals surface area contributed by atoms with Crippen LogP contribution in [-0.2, 0) is 6.54 Å². The van der Waals surface area contributed by atoms with Crippen LogP contribution in [0.1, 0.15) is 18.9 Å². The summed E-state index contributed by atoms with van der Waals surface area (Å²) in [5, 5.41) is 0. The van der Waals surface area contributed by atoms with Crippen molar-refractivity contribution in [3.63, 3.8) is 0 Å². The molecule has 0 saturated heterocycles. The van der Waals surface area contributed by atoms with Gasteiger partial charge in [-0.25, -0.2) is 4.98 Å². The maximum absolute atomic E-state index is 6.07. The third-order valence-electron chi connectivity index (χ3n) is 3.53. The van der Waals surface area contributed by atoms with Crippen molar-refractivity contribution in [2.24, 2.45) is 0 Å². The van der Waals surface area contributed by atoms with Crippen LogP contribution in [0.25, 0.3) is 22.4 Å². The van der Waals surface area contributed by atoms with Crippen LogP contribution >= 0.6 is 0 Å². The molecule has 20 heavy (non-hydrogen) atoms. The molecule has 3 nitrogen and oxygen atoms in total. The Kier molecular flexibility index (Phi) is 3.18. The summed E-state index contributed by atoms with van der Waals surface area (Å²) >= 11 is 0. The fourth-order valence-electron chi connectivity index (χ4n) is 2.62. The molecule has 3 rings (SSSR count). The Morgan fingerprint density at radius 1 is 1.15 bits per heavy atom. The first-order valence-corrected chi connectivity index (χ1v) is 7.02. The SMILES string of the molecule is CCCn1c(-c2cccc(C)c2)nc2c(N)cccc21. The quantitative estimate of drug-likeness (QED) is 0.727. The second-order valence-electron chi connectivity index (χ2n) is 5.17. The lowest BCUT2D eigenvalue weighted by Gasteiger charge is -2.08. The summed E-state index contributed by atoms with van der Waals surface area (Å²) in [6.45, 7) is 5.23. The van der Waals surface area contributed by atoms with Crippen molar-refractivity contribution < 1.29 is 0 Å². The van der Waals surface area contributed by atoms with Crippen LogP contribution < -0.4 is 5.73 Å². The van der Waals surface area contributed by atoms with Gasteiger partial charge in [-0.05, 0) is 31.5 Å². The fourth-order valence-corrected chi connectivity index (χ4v) is 2.62. The Morgan fingerprint density at radius 3 is 2.70 bits per heavy atom. The molecular formula is C17H19N3. The van der Waals surface area contributed by atoms with Gasteiger partial charge in [-0.15, -0.1) is 0 Å². The van der Waals surface area contributed by atoms with Crippen molar-refractivity contribution in [1.29, 1.82) is 0 Å². The number of hydrogen-bond donors (Lipinski definition) is 1. The summed E-state index contributed by atoms with van der Waals surface area (Å²) in [6.07, 6.45) is 1.07. The van der Waals surface area contributed by atoms with Gasteiger partial charge in [0.15, 0.2) is 0 Å². The van der Waals surface area contributed by atoms with Crippen LogP contribution in [0.3, 0.4) is 0 Å². The van der Waals surface area contributed by atoms with Gasteiger partial charge in [-0.3, -0.25) is 0 Å². The minimum absolute atomic E-state index is 0.742. The van der Waals surface area contributed by atoms with Crippen molar-refractivity contribution in [2.45, 2.75) is 26.8 Å². The molecule has 0 aliphatic rings. The third-order valence-corrected chi connectivity index (χ3v) is 3.53. The van der Waals surface area contributed by atoms with E-state index in [9.17, 15) is 0 Å². The molecule has 2 N–H and O–H groups in total. The van der Waals surface area contributed by atoms with E-state index in [0.29, 0.717) is 0 Å². The van der Waals surface area contributed by atoms with Gasteiger partial charge in [0, 0.05) is 12.1 Å². The molecule has 0 aliphatic carbocycles. The van der Waals surface area contributed by atoms with E-state index in [2.05, 4.69) is 48.7 Å². The lowest BCUT2D eigenvalue weighted by Crippen LogP contribution is -1.99. The van der Waals surface area contributed by atoms with Gasteiger partial charge >= 0.3 is 0 Å². The highest BCUT2D eigenvalue weighted by atomic mass is 15.1. The van der Waals surface area contributed by atoms with Crippen LogP contribution in [-0.4, -0.2) is 9.55 Å². The molecular weight excluding hydrogens is 246 g/mol. The molecule has 0 bridgehead atoms. The van der Waals surface area contributed by atoms with Crippen molar-refractivity contribution in [1.82, 2.24) is 9.55 Å². The largest absolute Gasteiger partial charge is 0.397 e. The van der Waals surface area contributed by atoms with E-state index in [1.54, 1.807) is 0 Å². The minimum Gasteiger partial charge on any atom is -0.397 e. The Labute approximate surface area is 119 Å². The van der Waals surface area contributed by atoms with Gasteiger partial charge in [-0.1, -0.05) is 36.8 Å². The zero-order valence-corrected chi connectivity index (χ0v) is 11.9. The Bertz CT molecular complexity index is 756. The molecule has 0 unspecified atom stereocenters. The van der Waals surface area contributed by atoms with E-state index in [-0.39, 0.29) is 0 Å². The number of fused-ring (bicyclic) bond motifs is 1. The van der Waals surface area contributed by atoms with Crippen molar-refractivity contribution in [3.8, 4) is 11.4 Å². The van der Waals surface area contributed by atoms with Crippen LogP contribution in [0.4, 0.5) is 5.69 Å². The average molecular weight is 265 g/mol. The number of nitrogens with two attached hydrogens (primary N) is 1. The Hall–Kier alpha value is -2.29. The standard InChI is InChI=1S/C17H19N3/c1-3-10-20-15-9-5-8-14(18)16(15)19-17(20)13-7-4-6-12(2)11-13/h4-9,11H,3,10,18H2,1-2H3. The number of para-hydroxylation sites is 1. The number of anilines is 1. The number of aromatic nitrogens is 2. The predicted molar refractivity (Wildman–Crippen MR) is 84.6 cm³/mol. The van der Waals surface area contributed by atoms with Crippen molar-refractivity contribution in [3.05, 3.63) is 48.0 Å². The van der Waals surface area contributed by atoms with Gasteiger partial charge in [0.1, 0.15) is 11.3 Å². The smallest absolute Gasteiger partial charge is 0.141 e. The van der Waals surface area contributed by atoms with Crippen LogP contribution in [0.15, 0.2) is 42.5 Å². The second-order valence-corrected chi connectivity index (χ2v) is 5.17. The molecule has 0 aliphatic heterocycles.